The van der Waals surface area contributed by atoms with Crippen LogP contribution in [-0.4, -0.2) is 9.85 Å². The summed E-state index contributed by atoms with van der Waals surface area (Å²) in [5, 5.41) is 24.2. The SMILES string of the molecule is CCCCCCC1(CCCCCC)c2ccccc2-c2ccc(N(Oc3ccc([N+](=O)[O-])cc3)Oc3ccc([N+](=O)[O-])cc3)c(-c3ccccc3)c21. The molecule has 5 aromatic rings. The molecular weight excluding hydrogens is 654 g/mol. The minimum atomic E-state index is -0.457. The third-order valence-electron chi connectivity index (χ3n) is 10.0. The van der Waals surface area contributed by atoms with E-state index in [9.17, 15) is 20.2 Å². The van der Waals surface area contributed by atoms with Gasteiger partial charge in [0, 0.05) is 35.2 Å². The number of hydrogen-bond donors (Lipinski definition) is 0. The van der Waals surface area contributed by atoms with Crippen LogP contribution in [0.5, 0.6) is 11.5 Å². The zero-order chi connectivity index (χ0) is 36.5. The van der Waals surface area contributed by atoms with Crippen molar-refractivity contribution in [3.8, 4) is 33.8 Å². The highest BCUT2D eigenvalue weighted by Crippen LogP contribution is 2.59. The smallest absolute Gasteiger partial charge is 0.269 e. The van der Waals surface area contributed by atoms with E-state index < -0.39 is 9.85 Å². The molecule has 0 heterocycles. The summed E-state index contributed by atoms with van der Waals surface area (Å²) >= 11 is 0. The van der Waals surface area contributed by atoms with Gasteiger partial charge in [0.25, 0.3) is 11.4 Å². The van der Waals surface area contributed by atoms with Crippen molar-refractivity contribution in [2.24, 2.45) is 0 Å². The Morgan fingerprint density at radius 3 is 1.62 bits per heavy atom. The first kappa shape index (κ1) is 36.1. The standard InChI is InChI=1S/C43H45N3O6/c1-3-5-7-14-30-43(31-15-8-6-4-2)39-19-13-12-18-37(39)38-28-29-40(41(42(38)43)32-16-10-9-11-17-32)46(51-35-24-20-33(21-25-35)44(47)48)52-36-26-22-34(23-27-36)45(49)50/h9-13,16-29H,3-8,14-15,30-31H2,1-2H3. The molecular formula is C43H45N3O6. The van der Waals surface area contributed by atoms with E-state index in [-0.39, 0.29) is 16.8 Å². The molecule has 0 unspecified atom stereocenters. The summed E-state index contributed by atoms with van der Waals surface area (Å²) in [5.41, 5.74) is 7.25. The Balaban J connectivity index is 1.57. The highest BCUT2D eigenvalue weighted by molar-refractivity contribution is 5.94. The first-order valence-corrected chi connectivity index (χ1v) is 18.3. The summed E-state index contributed by atoms with van der Waals surface area (Å²) in [6.07, 6.45) is 11.2. The molecule has 0 aromatic heterocycles. The topological polar surface area (TPSA) is 108 Å². The van der Waals surface area contributed by atoms with Crippen molar-refractivity contribution in [2.45, 2.75) is 83.5 Å². The largest absolute Gasteiger partial charge is 0.345 e. The molecule has 0 spiro atoms. The highest BCUT2D eigenvalue weighted by Gasteiger charge is 2.45. The molecule has 0 atom stereocenters. The van der Waals surface area contributed by atoms with Crippen LogP contribution >= 0.6 is 0 Å². The molecule has 0 amide bonds. The number of benzene rings is 5. The minimum absolute atomic E-state index is 0.0635. The normalized spacial score (nSPS) is 12.5. The molecule has 0 aliphatic heterocycles. The van der Waals surface area contributed by atoms with E-state index in [1.165, 1.54) is 88.9 Å². The maximum atomic E-state index is 11.4. The van der Waals surface area contributed by atoms with Gasteiger partial charge in [-0.05, 0) is 76.2 Å². The second-order valence-electron chi connectivity index (χ2n) is 13.4. The Labute approximate surface area is 305 Å². The minimum Gasteiger partial charge on any atom is -0.345 e. The Morgan fingerprint density at radius 1 is 0.577 bits per heavy atom. The summed E-state index contributed by atoms with van der Waals surface area (Å²) in [5.74, 6) is 0.640. The number of rotatable bonds is 18. The van der Waals surface area contributed by atoms with Gasteiger partial charge in [0.05, 0.1) is 9.85 Å². The molecule has 0 radical (unpaired) electrons. The molecule has 0 saturated carbocycles. The Kier molecular flexibility index (Phi) is 11.5. The molecule has 0 bridgehead atoms. The lowest BCUT2D eigenvalue weighted by atomic mass is 9.68. The third kappa shape index (κ3) is 7.64. The molecule has 268 valence electrons. The van der Waals surface area contributed by atoms with Crippen LogP contribution in [0.4, 0.5) is 17.1 Å². The molecule has 1 aliphatic carbocycles. The van der Waals surface area contributed by atoms with Gasteiger partial charge >= 0.3 is 0 Å². The Hall–Kier alpha value is -5.70. The number of nitrogens with zero attached hydrogens (tertiary/aromatic N) is 3. The number of unbranched alkanes of at least 4 members (excludes halogenated alkanes) is 6. The number of fused-ring (bicyclic) bond motifs is 3. The number of non-ortho nitro benzene ring substituents is 2. The van der Waals surface area contributed by atoms with Crippen LogP contribution in [0.15, 0.2) is 115 Å². The Bertz CT molecular complexity index is 1910. The molecule has 0 fully saturated rings. The maximum Gasteiger partial charge on any atom is 0.269 e. The average molecular weight is 700 g/mol. The van der Waals surface area contributed by atoms with Gasteiger partial charge in [-0.15, -0.1) is 0 Å². The van der Waals surface area contributed by atoms with Gasteiger partial charge in [0.15, 0.2) is 11.5 Å². The van der Waals surface area contributed by atoms with E-state index in [2.05, 4.69) is 56.3 Å². The molecule has 0 saturated heterocycles. The van der Waals surface area contributed by atoms with Crippen LogP contribution in [0.25, 0.3) is 22.3 Å². The zero-order valence-corrected chi connectivity index (χ0v) is 29.8. The fourth-order valence-electron chi connectivity index (χ4n) is 7.55. The molecule has 9 heteroatoms. The lowest BCUT2D eigenvalue weighted by Crippen LogP contribution is -2.33. The highest BCUT2D eigenvalue weighted by atomic mass is 16.9. The van der Waals surface area contributed by atoms with E-state index in [4.69, 9.17) is 9.68 Å². The van der Waals surface area contributed by atoms with Crippen LogP contribution in [0, 0.1) is 20.2 Å². The summed E-state index contributed by atoms with van der Waals surface area (Å²) in [7, 11) is 0. The van der Waals surface area contributed by atoms with Gasteiger partial charge in [-0.1, -0.05) is 126 Å². The molecule has 5 aromatic carbocycles. The van der Waals surface area contributed by atoms with Crippen molar-refractivity contribution in [3.05, 3.63) is 147 Å². The van der Waals surface area contributed by atoms with Gasteiger partial charge in [-0.3, -0.25) is 20.2 Å². The molecule has 6 rings (SSSR count). The lowest BCUT2D eigenvalue weighted by Gasteiger charge is -2.36. The van der Waals surface area contributed by atoms with E-state index in [0.717, 1.165) is 62.5 Å². The van der Waals surface area contributed by atoms with Gasteiger partial charge in [-0.25, -0.2) is 0 Å². The molecule has 9 nitrogen and oxygen atoms in total. The second kappa shape index (κ2) is 16.5. The summed E-state index contributed by atoms with van der Waals surface area (Å²) in [6, 6.07) is 34.9. The van der Waals surface area contributed by atoms with Crippen molar-refractivity contribution in [3.63, 3.8) is 0 Å². The van der Waals surface area contributed by atoms with Crippen LogP contribution < -0.4 is 14.9 Å². The predicted octanol–water partition coefficient (Wildman–Crippen LogP) is 12.2. The number of anilines is 1. The average Bonchev–Trinajstić information content (AvgIpc) is 3.44. The molecule has 0 N–H and O–H groups in total. The van der Waals surface area contributed by atoms with E-state index >= 15 is 0 Å². The summed E-state index contributed by atoms with van der Waals surface area (Å²) in [4.78, 5) is 34.9. The quantitative estimate of drug-likeness (QED) is 0.0509. The fourth-order valence-corrected chi connectivity index (χ4v) is 7.55. The first-order valence-electron chi connectivity index (χ1n) is 18.3. The van der Waals surface area contributed by atoms with Crippen molar-refractivity contribution in [1.29, 1.82) is 0 Å². The summed E-state index contributed by atoms with van der Waals surface area (Å²) < 4.78 is 0. The third-order valence-corrected chi connectivity index (χ3v) is 10.0. The van der Waals surface area contributed by atoms with E-state index in [1.54, 1.807) is 0 Å². The van der Waals surface area contributed by atoms with Crippen molar-refractivity contribution < 1.29 is 19.5 Å². The monoisotopic (exact) mass is 699 g/mol. The van der Waals surface area contributed by atoms with Crippen LogP contribution in [0.3, 0.4) is 0 Å². The first-order chi connectivity index (χ1) is 25.4. The van der Waals surface area contributed by atoms with Gasteiger partial charge < -0.3 is 9.68 Å². The van der Waals surface area contributed by atoms with E-state index in [0.29, 0.717) is 17.2 Å². The van der Waals surface area contributed by atoms with Crippen LogP contribution in [-0.2, 0) is 5.41 Å². The Morgan fingerprint density at radius 2 is 1.10 bits per heavy atom. The van der Waals surface area contributed by atoms with Gasteiger partial charge in [0.1, 0.15) is 5.69 Å². The molecule has 52 heavy (non-hydrogen) atoms. The number of hydrogen-bond acceptors (Lipinski definition) is 7. The number of nitro benzene ring substituents is 2. The maximum absolute atomic E-state index is 11.4. The van der Waals surface area contributed by atoms with Gasteiger partial charge in [0.2, 0.25) is 0 Å². The lowest BCUT2D eigenvalue weighted by molar-refractivity contribution is -0.385. The van der Waals surface area contributed by atoms with Gasteiger partial charge in [-0.2, -0.15) is 0 Å². The van der Waals surface area contributed by atoms with Crippen molar-refractivity contribution >= 4 is 17.1 Å². The second-order valence-corrected chi connectivity index (χ2v) is 13.4. The van der Waals surface area contributed by atoms with Crippen LogP contribution in [0.1, 0.15) is 89.2 Å². The predicted molar refractivity (Wildman–Crippen MR) is 206 cm³/mol. The molecule has 1 aliphatic rings. The number of nitro groups is 2. The fraction of sp³-hybridized carbons (Fsp3) is 0.302. The summed E-state index contributed by atoms with van der Waals surface area (Å²) in [6.45, 7) is 4.48. The van der Waals surface area contributed by atoms with E-state index in [1.807, 2.05) is 24.3 Å². The van der Waals surface area contributed by atoms with Crippen LogP contribution in [0.2, 0.25) is 0 Å². The zero-order valence-electron chi connectivity index (χ0n) is 29.8. The van der Waals surface area contributed by atoms with Crippen molar-refractivity contribution in [2.75, 3.05) is 5.23 Å². The van der Waals surface area contributed by atoms with Crippen molar-refractivity contribution in [1.82, 2.24) is 0 Å².